The molecular formula is C6H4N4O2. The normalized spacial score (nSPS) is 17.6. The van der Waals surface area contributed by atoms with E-state index in [1.54, 1.807) is 12.1 Å². The van der Waals surface area contributed by atoms with Gasteiger partial charge in [-0.3, -0.25) is 0 Å². The predicted octanol–water partition coefficient (Wildman–Crippen LogP) is 0.287. The van der Waals surface area contributed by atoms with Gasteiger partial charge in [0.25, 0.3) is 0 Å². The van der Waals surface area contributed by atoms with Gasteiger partial charge in [0.15, 0.2) is 0 Å². The Morgan fingerprint density at radius 1 is 1.50 bits per heavy atom. The third-order valence-electron chi connectivity index (χ3n) is 1.74. The van der Waals surface area contributed by atoms with Gasteiger partial charge >= 0.3 is 11.6 Å². The monoisotopic (exact) mass is 164 g/mol. The molecular weight excluding hydrogens is 160 g/mol. The van der Waals surface area contributed by atoms with Crippen LogP contribution in [-0.4, -0.2) is 16.7 Å². The van der Waals surface area contributed by atoms with E-state index in [9.17, 15) is 4.79 Å². The van der Waals surface area contributed by atoms with E-state index >= 15 is 0 Å². The molecule has 0 aromatic rings. The highest BCUT2D eigenvalue weighted by atomic mass is 16.4. The van der Waals surface area contributed by atoms with Gasteiger partial charge in [-0.2, -0.15) is 10.5 Å². The smallest absolute Gasteiger partial charge is 0.361 e. The number of nitrogens with zero attached hydrogens (tertiary/aromatic N) is 4. The van der Waals surface area contributed by atoms with Crippen molar-refractivity contribution in [2.75, 3.05) is 0 Å². The fraction of sp³-hybridized carbons (Fsp3) is 0.500. The Balaban J connectivity index is 3.07. The van der Waals surface area contributed by atoms with Crippen LogP contribution in [0.2, 0.25) is 0 Å². The first-order chi connectivity index (χ1) is 5.52. The second-order valence-electron chi connectivity index (χ2n) is 2.53. The number of rotatable bonds is 2. The average Bonchev–Trinajstić information content (AvgIpc) is 2.83. The van der Waals surface area contributed by atoms with Gasteiger partial charge in [0.2, 0.25) is 5.41 Å². The van der Waals surface area contributed by atoms with Crippen molar-refractivity contribution in [1.82, 2.24) is 0 Å². The van der Waals surface area contributed by atoms with Crippen molar-refractivity contribution >= 4 is 5.97 Å². The Morgan fingerprint density at radius 2 is 1.92 bits per heavy atom. The van der Waals surface area contributed by atoms with Crippen LogP contribution in [0.4, 0.5) is 0 Å². The van der Waals surface area contributed by atoms with Crippen LogP contribution in [0.3, 0.4) is 0 Å². The molecule has 0 radical (unpaired) electrons. The molecule has 60 valence electrons. The molecule has 0 saturated heterocycles. The first-order valence-electron chi connectivity index (χ1n) is 3.02. The second-order valence-corrected chi connectivity index (χ2v) is 2.53. The van der Waals surface area contributed by atoms with E-state index in [0.717, 1.165) is 0 Å². The lowest BCUT2D eigenvalue weighted by molar-refractivity contribution is -0.142. The van der Waals surface area contributed by atoms with Crippen molar-refractivity contribution in [2.24, 2.45) is 15.6 Å². The summed E-state index contributed by atoms with van der Waals surface area (Å²) in [5.41, 5.74) is -3.56. The summed E-state index contributed by atoms with van der Waals surface area (Å²) in [4.78, 5) is 10.6. The van der Waals surface area contributed by atoms with Gasteiger partial charge in [0, 0.05) is 0 Å². The maximum absolute atomic E-state index is 10.6. The van der Waals surface area contributed by atoms with E-state index in [1.807, 2.05) is 0 Å². The minimum absolute atomic E-state index is 1.20. The number of hydrogen-bond acceptors (Lipinski definition) is 5. The van der Waals surface area contributed by atoms with Gasteiger partial charge in [-0.1, -0.05) is 0 Å². The summed E-state index contributed by atoms with van der Waals surface area (Å²) in [5, 5.41) is 32.2. The fourth-order valence-electron chi connectivity index (χ4n) is 0.730. The number of carbonyl (C=O) groups is 1. The number of carboxylic acids is 1. The van der Waals surface area contributed by atoms with E-state index < -0.39 is 17.0 Å². The summed E-state index contributed by atoms with van der Waals surface area (Å²) in [6.07, 6.45) is 0. The van der Waals surface area contributed by atoms with Crippen LogP contribution in [-0.2, 0) is 4.79 Å². The van der Waals surface area contributed by atoms with Gasteiger partial charge in [0.1, 0.15) is 0 Å². The fourth-order valence-corrected chi connectivity index (χ4v) is 0.730. The number of carboxylic acid groups (broad SMARTS) is 1. The number of hydrogen-bond donors (Lipinski definition) is 1. The Labute approximate surface area is 67.7 Å². The lowest BCUT2D eigenvalue weighted by atomic mass is 9.82. The molecule has 0 amide bonds. The molecule has 1 rings (SSSR count). The minimum atomic E-state index is -1.85. The Hall–Kier alpha value is -1.95. The van der Waals surface area contributed by atoms with E-state index in [0.29, 0.717) is 0 Å². The molecule has 0 aromatic heterocycles. The Kier molecular flexibility index (Phi) is 1.37. The van der Waals surface area contributed by atoms with E-state index in [2.05, 4.69) is 10.2 Å². The molecule has 6 heteroatoms. The van der Waals surface area contributed by atoms with Gasteiger partial charge in [0.05, 0.1) is 12.1 Å². The molecule has 1 N–H and O–H groups in total. The maximum atomic E-state index is 10.6. The van der Waals surface area contributed by atoms with Gasteiger partial charge < -0.3 is 5.11 Å². The molecule has 12 heavy (non-hydrogen) atoms. The maximum Gasteiger partial charge on any atom is 0.361 e. The van der Waals surface area contributed by atoms with Gasteiger partial charge in [-0.25, -0.2) is 4.79 Å². The minimum Gasteiger partial charge on any atom is -0.478 e. The van der Waals surface area contributed by atoms with Crippen molar-refractivity contribution < 1.29 is 9.90 Å². The lowest BCUT2D eigenvalue weighted by Gasteiger charge is -2.14. The summed E-state index contributed by atoms with van der Waals surface area (Å²) in [6.45, 7) is 1.20. The molecule has 1 aliphatic rings. The third kappa shape index (κ3) is 0.692. The summed E-state index contributed by atoms with van der Waals surface area (Å²) in [6, 6.07) is 3.17. The summed E-state index contributed by atoms with van der Waals surface area (Å²) >= 11 is 0. The first-order valence-corrected chi connectivity index (χ1v) is 3.02. The van der Waals surface area contributed by atoms with Crippen molar-refractivity contribution in [3.05, 3.63) is 0 Å². The van der Waals surface area contributed by atoms with E-state index in [-0.39, 0.29) is 0 Å². The summed E-state index contributed by atoms with van der Waals surface area (Å²) in [5.74, 6) is -1.37. The van der Waals surface area contributed by atoms with Crippen LogP contribution in [0.25, 0.3) is 0 Å². The lowest BCUT2D eigenvalue weighted by Crippen LogP contribution is -2.40. The first kappa shape index (κ1) is 8.15. The highest BCUT2D eigenvalue weighted by Gasteiger charge is 2.65. The van der Waals surface area contributed by atoms with Crippen LogP contribution in [0.5, 0.6) is 0 Å². The molecule has 0 aliphatic carbocycles. The predicted molar refractivity (Wildman–Crippen MR) is 34.6 cm³/mol. The van der Waals surface area contributed by atoms with Crippen molar-refractivity contribution in [1.29, 1.82) is 10.5 Å². The zero-order valence-corrected chi connectivity index (χ0v) is 6.14. The van der Waals surface area contributed by atoms with Crippen LogP contribution in [0, 0.1) is 28.1 Å². The second kappa shape index (κ2) is 2.02. The largest absolute Gasteiger partial charge is 0.478 e. The molecule has 0 unspecified atom stereocenters. The molecule has 0 saturated carbocycles. The number of aliphatic carboxylic acids is 1. The van der Waals surface area contributed by atoms with Crippen molar-refractivity contribution in [3.8, 4) is 12.1 Å². The third-order valence-corrected chi connectivity index (χ3v) is 1.74. The number of nitriles is 2. The highest BCUT2D eigenvalue weighted by molar-refractivity contribution is 5.83. The van der Waals surface area contributed by atoms with Crippen LogP contribution in [0.15, 0.2) is 10.2 Å². The zero-order chi connectivity index (χ0) is 9.41. The van der Waals surface area contributed by atoms with Crippen molar-refractivity contribution in [3.63, 3.8) is 0 Å². The Morgan fingerprint density at radius 3 is 2.00 bits per heavy atom. The molecule has 0 atom stereocenters. The molecule has 0 fully saturated rings. The van der Waals surface area contributed by atoms with Crippen LogP contribution >= 0.6 is 0 Å². The highest BCUT2D eigenvalue weighted by Crippen LogP contribution is 2.44. The van der Waals surface area contributed by atoms with Crippen LogP contribution < -0.4 is 0 Å². The topological polar surface area (TPSA) is 110 Å². The Bertz CT molecular complexity index is 326. The summed E-state index contributed by atoms with van der Waals surface area (Å²) < 4.78 is 0. The summed E-state index contributed by atoms with van der Waals surface area (Å²) in [7, 11) is 0. The standard InChI is InChI=1S/C6H4N4O2/c1-5(2-7,3-8)6(4(11)12)9-10-6/h1H3,(H,11,12). The molecule has 0 spiro atoms. The van der Waals surface area contributed by atoms with Gasteiger partial charge in [-0.15, -0.1) is 10.2 Å². The average molecular weight is 164 g/mol. The quantitative estimate of drug-likeness (QED) is 0.632. The van der Waals surface area contributed by atoms with E-state index in [4.69, 9.17) is 15.6 Å². The molecule has 0 bridgehead atoms. The van der Waals surface area contributed by atoms with Crippen molar-refractivity contribution in [2.45, 2.75) is 12.6 Å². The van der Waals surface area contributed by atoms with Crippen LogP contribution in [0.1, 0.15) is 6.92 Å². The molecule has 0 aromatic carbocycles. The molecule has 1 heterocycles. The molecule has 6 nitrogen and oxygen atoms in total. The SMILES string of the molecule is CC(C#N)(C#N)C1(C(=O)O)N=N1. The molecule has 1 aliphatic heterocycles. The van der Waals surface area contributed by atoms with E-state index in [1.165, 1.54) is 6.92 Å². The van der Waals surface area contributed by atoms with Gasteiger partial charge in [-0.05, 0) is 6.92 Å². The zero-order valence-electron chi connectivity index (χ0n) is 6.14.